The van der Waals surface area contributed by atoms with Crippen molar-refractivity contribution in [1.29, 1.82) is 0 Å². The molecule has 0 amide bonds. The van der Waals surface area contributed by atoms with Crippen LogP contribution in [0.15, 0.2) is 12.2 Å². The smallest absolute Gasteiger partial charge is 0.309 e. The number of rotatable bonds is 7. The third-order valence-electron chi connectivity index (χ3n) is 3.85. The largest absolute Gasteiger partial charge is 0.462 e. The third-order valence-corrected chi connectivity index (χ3v) is 3.85. The maximum Gasteiger partial charge on any atom is 0.309 e. The minimum absolute atomic E-state index is 0.0292. The molecule has 2 aliphatic rings. The molecule has 3 atom stereocenters. The molecule has 0 heterocycles. The van der Waals surface area contributed by atoms with Gasteiger partial charge >= 0.3 is 11.9 Å². The topological polar surface area (TPSA) is 69.7 Å². The Labute approximate surface area is 118 Å². The minimum Gasteiger partial charge on any atom is -0.462 e. The Kier molecular flexibility index (Phi) is 4.93. The summed E-state index contributed by atoms with van der Waals surface area (Å²) < 4.78 is 10.0. The molecule has 2 aliphatic carbocycles. The fourth-order valence-electron chi connectivity index (χ4n) is 2.81. The lowest BCUT2D eigenvalue weighted by Crippen LogP contribution is -2.23. The Bertz CT molecular complexity index is 426. The molecule has 0 radical (unpaired) electrons. The SMILES string of the molecule is CC(=O)CCC(=O)OCCOC(=O)C1CC2C=CC1C2. The van der Waals surface area contributed by atoms with Crippen LogP contribution in [0, 0.1) is 17.8 Å². The monoisotopic (exact) mass is 280 g/mol. The number of carbonyl (C=O) groups is 3. The number of esters is 2. The fourth-order valence-corrected chi connectivity index (χ4v) is 2.81. The van der Waals surface area contributed by atoms with Crippen molar-refractivity contribution >= 4 is 17.7 Å². The number of ketones is 1. The highest BCUT2D eigenvalue weighted by atomic mass is 16.6. The van der Waals surface area contributed by atoms with Crippen molar-refractivity contribution in [3.8, 4) is 0 Å². The van der Waals surface area contributed by atoms with Crippen LogP contribution in [-0.2, 0) is 23.9 Å². The second-order valence-corrected chi connectivity index (χ2v) is 5.48. The van der Waals surface area contributed by atoms with Gasteiger partial charge in [-0.25, -0.2) is 0 Å². The summed E-state index contributed by atoms with van der Waals surface area (Å²) in [4.78, 5) is 33.8. The molecule has 0 aromatic rings. The van der Waals surface area contributed by atoms with Crippen molar-refractivity contribution in [2.24, 2.45) is 17.8 Å². The summed E-state index contributed by atoms with van der Waals surface area (Å²) >= 11 is 0. The van der Waals surface area contributed by atoms with Gasteiger partial charge < -0.3 is 14.3 Å². The van der Waals surface area contributed by atoms with Crippen molar-refractivity contribution in [1.82, 2.24) is 0 Å². The molecule has 0 spiro atoms. The Morgan fingerprint density at radius 2 is 1.80 bits per heavy atom. The first kappa shape index (κ1) is 14.8. The van der Waals surface area contributed by atoms with Crippen LogP contribution in [0.5, 0.6) is 0 Å². The van der Waals surface area contributed by atoms with E-state index in [1.165, 1.54) is 6.92 Å². The number of carbonyl (C=O) groups excluding carboxylic acids is 3. The standard InChI is InChI=1S/C15H20O5/c1-10(16)2-5-14(17)19-6-7-20-15(18)13-9-11-3-4-12(13)8-11/h3-4,11-13H,2,5-9H2,1H3. The van der Waals surface area contributed by atoms with Gasteiger partial charge in [0.15, 0.2) is 0 Å². The summed E-state index contributed by atoms with van der Waals surface area (Å²) in [6.07, 6.45) is 6.47. The molecule has 20 heavy (non-hydrogen) atoms. The van der Waals surface area contributed by atoms with Crippen molar-refractivity contribution < 1.29 is 23.9 Å². The van der Waals surface area contributed by atoms with E-state index in [1.54, 1.807) is 0 Å². The third kappa shape index (κ3) is 3.92. The Hall–Kier alpha value is -1.65. The van der Waals surface area contributed by atoms with E-state index in [1.807, 2.05) is 0 Å². The highest BCUT2D eigenvalue weighted by molar-refractivity contribution is 5.81. The molecule has 0 aromatic heterocycles. The summed E-state index contributed by atoms with van der Waals surface area (Å²) in [5, 5.41) is 0. The molecule has 0 N–H and O–H groups in total. The van der Waals surface area contributed by atoms with Crippen LogP contribution in [0.3, 0.4) is 0 Å². The van der Waals surface area contributed by atoms with E-state index >= 15 is 0 Å². The van der Waals surface area contributed by atoms with Crippen LogP contribution in [0.4, 0.5) is 0 Å². The predicted molar refractivity (Wildman–Crippen MR) is 70.7 cm³/mol. The minimum atomic E-state index is -0.431. The normalized spacial score (nSPS) is 26.6. The zero-order chi connectivity index (χ0) is 14.5. The first-order valence-electron chi connectivity index (χ1n) is 7.06. The lowest BCUT2D eigenvalue weighted by Gasteiger charge is -2.16. The second-order valence-electron chi connectivity index (χ2n) is 5.48. The van der Waals surface area contributed by atoms with Gasteiger partial charge in [0.1, 0.15) is 19.0 Å². The second kappa shape index (κ2) is 6.68. The molecule has 0 aliphatic heterocycles. The number of fused-ring (bicyclic) bond motifs is 2. The summed E-state index contributed by atoms with van der Waals surface area (Å²) in [7, 11) is 0. The Morgan fingerprint density at radius 1 is 1.05 bits per heavy atom. The number of allylic oxidation sites excluding steroid dienone is 2. The fraction of sp³-hybridized carbons (Fsp3) is 0.667. The van der Waals surface area contributed by atoms with Crippen LogP contribution in [0.1, 0.15) is 32.6 Å². The van der Waals surface area contributed by atoms with E-state index in [9.17, 15) is 14.4 Å². The van der Waals surface area contributed by atoms with Gasteiger partial charge in [0.05, 0.1) is 12.3 Å². The summed E-state index contributed by atoms with van der Waals surface area (Å²) in [6, 6.07) is 0. The molecule has 1 fully saturated rings. The molecule has 110 valence electrons. The van der Waals surface area contributed by atoms with Crippen LogP contribution < -0.4 is 0 Å². The molecular weight excluding hydrogens is 260 g/mol. The molecule has 0 saturated heterocycles. The molecule has 5 nitrogen and oxygen atoms in total. The van der Waals surface area contributed by atoms with Gasteiger partial charge in [-0.05, 0) is 31.6 Å². The highest BCUT2D eigenvalue weighted by Crippen LogP contribution is 2.43. The van der Waals surface area contributed by atoms with Gasteiger partial charge in [-0.3, -0.25) is 9.59 Å². The van der Waals surface area contributed by atoms with Gasteiger partial charge in [0.25, 0.3) is 0 Å². The average Bonchev–Trinajstić information content (AvgIpc) is 3.03. The van der Waals surface area contributed by atoms with Crippen LogP contribution >= 0.6 is 0 Å². The number of ether oxygens (including phenoxy) is 2. The molecule has 1 saturated carbocycles. The maximum absolute atomic E-state index is 11.9. The average molecular weight is 280 g/mol. The first-order chi connectivity index (χ1) is 9.56. The maximum atomic E-state index is 11.9. The highest BCUT2D eigenvalue weighted by Gasteiger charge is 2.40. The molecule has 0 aromatic carbocycles. The van der Waals surface area contributed by atoms with E-state index in [0.29, 0.717) is 11.8 Å². The lowest BCUT2D eigenvalue weighted by molar-refractivity contribution is -0.155. The first-order valence-corrected chi connectivity index (χ1v) is 7.06. The van der Waals surface area contributed by atoms with Crippen LogP contribution in [0.2, 0.25) is 0 Å². The summed E-state index contributed by atoms with van der Waals surface area (Å²) in [5.74, 6) is 0.157. The van der Waals surface area contributed by atoms with Crippen LogP contribution in [-0.4, -0.2) is 30.9 Å². The predicted octanol–water partition coefficient (Wildman–Crippen LogP) is 1.65. The molecular formula is C15H20O5. The van der Waals surface area contributed by atoms with E-state index in [-0.39, 0.29) is 43.7 Å². The molecule has 5 heteroatoms. The zero-order valence-corrected chi connectivity index (χ0v) is 11.7. The van der Waals surface area contributed by atoms with Gasteiger partial charge in [-0.2, -0.15) is 0 Å². The van der Waals surface area contributed by atoms with Crippen molar-refractivity contribution in [2.45, 2.75) is 32.6 Å². The summed E-state index contributed by atoms with van der Waals surface area (Å²) in [6.45, 7) is 1.57. The van der Waals surface area contributed by atoms with E-state index in [2.05, 4.69) is 12.2 Å². The Morgan fingerprint density at radius 3 is 2.40 bits per heavy atom. The van der Waals surface area contributed by atoms with Crippen LogP contribution in [0.25, 0.3) is 0 Å². The van der Waals surface area contributed by atoms with Crippen molar-refractivity contribution in [2.75, 3.05) is 13.2 Å². The van der Waals surface area contributed by atoms with E-state index < -0.39 is 5.97 Å². The van der Waals surface area contributed by atoms with Crippen molar-refractivity contribution in [3.63, 3.8) is 0 Å². The van der Waals surface area contributed by atoms with E-state index in [4.69, 9.17) is 9.47 Å². The Balaban J connectivity index is 1.57. The van der Waals surface area contributed by atoms with E-state index in [0.717, 1.165) is 12.8 Å². The number of Topliss-reactive ketones (excluding diaryl/α,β-unsaturated/α-hetero) is 1. The van der Waals surface area contributed by atoms with Gasteiger partial charge in [0, 0.05) is 6.42 Å². The number of hydrogen-bond acceptors (Lipinski definition) is 5. The number of hydrogen-bond donors (Lipinski definition) is 0. The quantitative estimate of drug-likeness (QED) is 0.403. The van der Waals surface area contributed by atoms with Gasteiger partial charge in [-0.15, -0.1) is 0 Å². The van der Waals surface area contributed by atoms with Crippen molar-refractivity contribution in [3.05, 3.63) is 12.2 Å². The van der Waals surface area contributed by atoms with Gasteiger partial charge in [0.2, 0.25) is 0 Å². The summed E-state index contributed by atoms with van der Waals surface area (Å²) in [5.41, 5.74) is 0. The lowest BCUT2D eigenvalue weighted by atomic mass is 9.94. The molecule has 2 rings (SSSR count). The van der Waals surface area contributed by atoms with Gasteiger partial charge in [-0.1, -0.05) is 12.2 Å². The zero-order valence-electron chi connectivity index (χ0n) is 11.7. The molecule has 2 bridgehead atoms. The molecule has 3 unspecified atom stereocenters.